The van der Waals surface area contributed by atoms with E-state index in [1.807, 2.05) is 0 Å². The fourth-order valence-corrected chi connectivity index (χ4v) is 1.06. The van der Waals surface area contributed by atoms with Crippen LogP contribution in [0.1, 0.15) is 12.8 Å². The number of nitrogens with two attached hydrogens (primary N) is 1. The zero-order valence-electron chi connectivity index (χ0n) is 5.68. The number of rotatable bonds is 0. The highest BCUT2D eigenvalue weighted by Crippen LogP contribution is 2.14. The molecule has 0 radical (unpaired) electrons. The minimum atomic E-state index is -0.811. The Bertz CT molecular complexity index is 97.1. The zero-order chi connectivity index (χ0) is 6.85. The van der Waals surface area contributed by atoms with Gasteiger partial charge < -0.3 is 5.73 Å². The molecule has 0 aromatic carbocycles. The molecule has 0 saturated carbocycles. The van der Waals surface area contributed by atoms with Crippen LogP contribution in [0.5, 0.6) is 0 Å². The fourth-order valence-electron chi connectivity index (χ4n) is 1.06. The second-order valence-corrected chi connectivity index (χ2v) is 2.70. The van der Waals surface area contributed by atoms with Crippen LogP contribution in [0.2, 0.25) is 0 Å². The monoisotopic (exact) mass is 132 g/mol. The highest BCUT2D eigenvalue weighted by atomic mass is 19.1. The minimum absolute atomic E-state index is 0.0798. The first-order valence-electron chi connectivity index (χ1n) is 3.30. The van der Waals surface area contributed by atoms with E-state index in [1.54, 1.807) is 11.9 Å². The standard InChI is InChI=1S/C6H13FN2/c1-9-3-2-5(8)4-6(9)7/h5-6H,2-4,8H2,1H3. The van der Waals surface area contributed by atoms with E-state index in [9.17, 15) is 4.39 Å². The summed E-state index contributed by atoms with van der Waals surface area (Å²) in [6, 6.07) is 0.0798. The zero-order valence-corrected chi connectivity index (χ0v) is 5.68. The summed E-state index contributed by atoms with van der Waals surface area (Å²) in [6.45, 7) is 0.794. The van der Waals surface area contributed by atoms with Gasteiger partial charge in [0.25, 0.3) is 0 Å². The molecule has 2 unspecified atom stereocenters. The van der Waals surface area contributed by atoms with E-state index in [0.717, 1.165) is 13.0 Å². The van der Waals surface area contributed by atoms with Gasteiger partial charge in [-0.25, -0.2) is 4.39 Å². The maximum Gasteiger partial charge on any atom is 0.154 e. The molecule has 2 N–H and O–H groups in total. The summed E-state index contributed by atoms with van der Waals surface area (Å²) in [7, 11) is 1.79. The van der Waals surface area contributed by atoms with E-state index in [2.05, 4.69) is 0 Å². The van der Waals surface area contributed by atoms with E-state index in [4.69, 9.17) is 5.73 Å². The van der Waals surface area contributed by atoms with Gasteiger partial charge in [-0.05, 0) is 13.5 Å². The van der Waals surface area contributed by atoms with Gasteiger partial charge in [-0.1, -0.05) is 0 Å². The van der Waals surface area contributed by atoms with Crippen LogP contribution in [-0.4, -0.2) is 30.8 Å². The average molecular weight is 132 g/mol. The predicted molar refractivity (Wildman–Crippen MR) is 34.7 cm³/mol. The van der Waals surface area contributed by atoms with Gasteiger partial charge >= 0.3 is 0 Å². The van der Waals surface area contributed by atoms with Gasteiger partial charge in [0.15, 0.2) is 6.30 Å². The van der Waals surface area contributed by atoms with Crippen LogP contribution >= 0.6 is 0 Å². The van der Waals surface area contributed by atoms with Gasteiger partial charge in [-0.2, -0.15) is 0 Å². The second-order valence-electron chi connectivity index (χ2n) is 2.70. The van der Waals surface area contributed by atoms with Crippen molar-refractivity contribution >= 4 is 0 Å². The van der Waals surface area contributed by atoms with Crippen molar-refractivity contribution in [3.05, 3.63) is 0 Å². The van der Waals surface area contributed by atoms with Crippen molar-refractivity contribution in [2.24, 2.45) is 5.73 Å². The van der Waals surface area contributed by atoms with Gasteiger partial charge in [0.2, 0.25) is 0 Å². The van der Waals surface area contributed by atoms with Crippen LogP contribution in [0.3, 0.4) is 0 Å². The second kappa shape index (κ2) is 2.62. The third kappa shape index (κ3) is 1.63. The van der Waals surface area contributed by atoms with Crippen LogP contribution in [0.15, 0.2) is 0 Å². The summed E-state index contributed by atoms with van der Waals surface area (Å²) in [4.78, 5) is 1.70. The molecule has 9 heavy (non-hydrogen) atoms. The third-order valence-electron chi connectivity index (χ3n) is 1.83. The molecule has 1 rings (SSSR count). The van der Waals surface area contributed by atoms with E-state index in [1.165, 1.54) is 0 Å². The molecule has 0 spiro atoms. The number of hydrogen-bond donors (Lipinski definition) is 1. The molecule has 0 bridgehead atoms. The smallest absolute Gasteiger partial charge is 0.154 e. The highest BCUT2D eigenvalue weighted by molar-refractivity contribution is 4.74. The van der Waals surface area contributed by atoms with Gasteiger partial charge in [-0.15, -0.1) is 0 Å². The first-order valence-corrected chi connectivity index (χ1v) is 3.30. The Hall–Kier alpha value is -0.150. The van der Waals surface area contributed by atoms with Crippen molar-refractivity contribution in [2.45, 2.75) is 25.2 Å². The Morgan fingerprint density at radius 1 is 1.67 bits per heavy atom. The minimum Gasteiger partial charge on any atom is -0.328 e. The largest absolute Gasteiger partial charge is 0.328 e. The lowest BCUT2D eigenvalue weighted by Gasteiger charge is -2.29. The summed E-state index contributed by atoms with van der Waals surface area (Å²) in [5, 5.41) is 0. The molecule has 54 valence electrons. The Morgan fingerprint density at radius 3 is 2.78 bits per heavy atom. The predicted octanol–water partition coefficient (Wildman–Crippen LogP) is 0.335. The van der Waals surface area contributed by atoms with E-state index in [0.29, 0.717) is 6.42 Å². The summed E-state index contributed by atoms with van der Waals surface area (Å²) in [5.74, 6) is 0. The summed E-state index contributed by atoms with van der Waals surface area (Å²) in [5.41, 5.74) is 5.52. The topological polar surface area (TPSA) is 29.3 Å². The Kier molecular flexibility index (Phi) is 2.03. The van der Waals surface area contributed by atoms with Crippen molar-refractivity contribution in [1.82, 2.24) is 4.90 Å². The van der Waals surface area contributed by atoms with E-state index >= 15 is 0 Å². The number of alkyl halides is 1. The van der Waals surface area contributed by atoms with Crippen LogP contribution in [-0.2, 0) is 0 Å². The molecule has 2 atom stereocenters. The lowest BCUT2D eigenvalue weighted by atomic mass is 10.1. The first-order chi connectivity index (χ1) is 4.20. The molecule has 0 aromatic rings. The molecule has 1 saturated heterocycles. The van der Waals surface area contributed by atoms with Crippen LogP contribution in [0.25, 0.3) is 0 Å². The van der Waals surface area contributed by atoms with Gasteiger partial charge in [0.05, 0.1) is 0 Å². The van der Waals surface area contributed by atoms with Gasteiger partial charge in [-0.3, -0.25) is 4.90 Å². The van der Waals surface area contributed by atoms with Crippen molar-refractivity contribution in [3.8, 4) is 0 Å². The summed E-state index contributed by atoms with van der Waals surface area (Å²) in [6.07, 6.45) is 0.613. The summed E-state index contributed by atoms with van der Waals surface area (Å²) < 4.78 is 12.7. The normalized spacial score (nSPS) is 39.0. The molecule has 3 heteroatoms. The first kappa shape index (κ1) is 6.96. The molecule has 0 aromatic heterocycles. The quantitative estimate of drug-likeness (QED) is 0.481. The Morgan fingerprint density at radius 2 is 2.33 bits per heavy atom. The van der Waals surface area contributed by atoms with Crippen LogP contribution in [0, 0.1) is 0 Å². The molecular formula is C6H13FN2. The fraction of sp³-hybridized carbons (Fsp3) is 1.00. The maximum absolute atomic E-state index is 12.7. The van der Waals surface area contributed by atoms with E-state index < -0.39 is 6.30 Å². The third-order valence-corrected chi connectivity index (χ3v) is 1.83. The molecule has 0 aliphatic carbocycles. The number of hydrogen-bond acceptors (Lipinski definition) is 2. The summed E-state index contributed by atoms with van der Waals surface area (Å²) >= 11 is 0. The molecule has 0 amide bonds. The molecule has 1 aliphatic rings. The van der Waals surface area contributed by atoms with Crippen molar-refractivity contribution < 1.29 is 4.39 Å². The van der Waals surface area contributed by atoms with Gasteiger partial charge in [0.1, 0.15) is 0 Å². The van der Waals surface area contributed by atoms with Crippen molar-refractivity contribution in [1.29, 1.82) is 0 Å². The molecular weight excluding hydrogens is 119 g/mol. The average Bonchev–Trinajstić information content (AvgIpc) is 1.80. The number of piperidine rings is 1. The SMILES string of the molecule is CN1CCC(N)CC1F. The molecule has 1 aliphatic heterocycles. The number of halogens is 1. The lowest BCUT2D eigenvalue weighted by Crippen LogP contribution is -2.42. The number of likely N-dealkylation sites (tertiary alicyclic amines) is 1. The number of nitrogens with zero attached hydrogens (tertiary/aromatic N) is 1. The molecule has 2 nitrogen and oxygen atoms in total. The maximum atomic E-state index is 12.7. The van der Waals surface area contributed by atoms with E-state index in [-0.39, 0.29) is 6.04 Å². The Labute approximate surface area is 54.8 Å². The molecule has 1 fully saturated rings. The van der Waals surface area contributed by atoms with Crippen molar-refractivity contribution in [2.75, 3.05) is 13.6 Å². The Balaban J connectivity index is 2.35. The van der Waals surface area contributed by atoms with Crippen LogP contribution < -0.4 is 5.73 Å². The van der Waals surface area contributed by atoms with Crippen molar-refractivity contribution in [3.63, 3.8) is 0 Å². The molecule has 1 heterocycles. The van der Waals surface area contributed by atoms with Crippen LogP contribution in [0.4, 0.5) is 4.39 Å². The van der Waals surface area contributed by atoms with Gasteiger partial charge in [0, 0.05) is 19.0 Å². The lowest BCUT2D eigenvalue weighted by molar-refractivity contribution is 0.0619. The highest BCUT2D eigenvalue weighted by Gasteiger charge is 2.22.